The summed E-state index contributed by atoms with van der Waals surface area (Å²) >= 11 is 0. The Morgan fingerprint density at radius 2 is 1.93 bits per heavy atom. The van der Waals surface area contributed by atoms with Gasteiger partial charge >= 0.3 is 0 Å². The molecule has 0 rings (SSSR count). The second kappa shape index (κ2) is 5.72. The Balaban J connectivity index is 4.78. The average molecular weight is 206 g/mol. The Bertz CT molecular complexity index is 282. The second-order valence-corrected chi connectivity index (χ2v) is 4.22. The molecule has 0 heterocycles. The van der Waals surface area contributed by atoms with Crippen LogP contribution in [0.5, 0.6) is 0 Å². The van der Waals surface area contributed by atoms with Crippen molar-refractivity contribution in [1.29, 1.82) is 0 Å². The summed E-state index contributed by atoms with van der Waals surface area (Å²) in [5, 5.41) is 10.1. The Morgan fingerprint density at radius 3 is 2.27 bits per heavy atom. The highest BCUT2D eigenvalue weighted by Crippen LogP contribution is 2.28. The monoisotopic (exact) mass is 206 g/mol. The van der Waals surface area contributed by atoms with Gasteiger partial charge in [-0.1, -0.05) is 42.5 Å². The lowest BCUT2D eigenvalue weighted by atomic mass is 9.81. The molecule has 0 aromatic rings. The second-order valence-electron chi connectivity index (χ2n) is 4.22. The van der Waals surface area contributed by atoms with Crippen LogP contribution in [0.4, 0.5) is 0 Å². The van der Waals surface area contributed by atoms with Gasteiger partial charge in [0.15, 0.2) is 0 Å². The lowest BCUT2D eigenvalue weighted by Gasteiger charge is -2.29. The summed E-state index contributed by atoms with van der Waals surface area (Å²) in [6.45, 7) is 16.9. The number of hydrogen-bond donors (Lipinski definition) is 1. The molecule has 0 aliphatic carbocycles. The molecule has 1 nitrogen and oxygen atoms in total. The van der Waals surface area contributed by atoms with Crippen molar-refractivity contribution in [3.63, 3.8) is 0 Å². The fraction of sp³-hybridized carbons (Fsp3) is 0.429. The topological polar surface area (TPSA) is 20.2 Å². The van der Waals surface area contributed by atoms with Gasteiger partial charge in [0, 0.05) is 5.92 Å². The van der Waals surface area contributed by atoms with Gasteiger partial charge in [-0.3, -0.25) is 0 Å². The van der Waals surface area contributed by atoms with E-state index in [4.69, 9.17) is 0 Å². The molecular formula is C14H22O. The summed E-state index contributed by atoms with van der Waals surface area (Å²) in [7, 11) is 0. The van der Waals surface area contributed by atoms with E-state index in [9.17, 15) is 5.11 Å². The number of aliphatic hydroxyl groups is 1. The molecule has 1 N–H and O–H groups in total. The minimum Gasteiger partial charge on any atom is -0.385 e. The van der Waals surface area contributed by atoms with Crippen LogP contribution in [0.15, 0.2) is 49.1 Å². The summed E-state index contributed by atoms with van der Waals surface area (Å²) in [6, 6.07) is 0. The third kappa shape index (κ3) is 4.30. The van der Waals surface area contributed by atoms with E-state index in [-0.39, 0.29) is 5.92 Å². The first-order valence-electron chi connectivity index (χ1n) is 5.15. The predicted molar refractivity (Wildman–Crippen MR) is 67.7 cm³/mol. The fourth-order valence-electron chi connectivity index (χ4n) is 1.47. The molecule has 0 amide bonds. The van der Waals surface area contributed by atoms with Crippen LogP contribution in [0, 0.1) is 5.92 Å². The molecule has 1 heteroatoms. The molecule has 0 aliphatic heterocycles. The number of hydrogen-bond acceptors (Lipinski definition) is 1. The molecule has 0 aromatic carbocycles. The number of allylic oxidation sites excluding steroid dienone is 3. The van der Waals surface area contributed by atoms with Crippen molar-refractivity contribution in [3.8, 4) is 0 Å². The maximum Gasteiger partial charge on any atom is 0.0864 e. The Labute approximate surface area is 93.5 Å². The molecular weight excluding hydrogens is 184 g/mol. The molecule has 15 heavy (non-hydrogen) atoms. The first kappa shape index (κ1) is 13.9. The van der Waals surface area contributed by atoms with Gasteiger partial charge in [0.1, 0.15) is 0 Å². The van der Waals surface area contributed by atoms with Crippen LogP contribution >= 0.6 is 0 Å². The Morgan fingerprint density at radius 1 is 1.40 bits per heavy atom. The van der Waals surface area contributed by atoms with Crippen molar-refractivity contribution < 1.29 is 5.11 Å². The van der Waals surface area contributed by atoms with Gasteiger partial charge in [-0.25, -0.2) is 0 Å². The average Bonchev–Trinajstić information content (AvgIpc) is 2.16. The van der Waals surface area contributed by atoms with Crippen LogP contribution in [-0.4, -0.2) is 10.7 Å². The van der Waals surface area contributed by atoms with E-state index >= 15 is 0 Å². The molecule has 0 radical (unpaired) electrons. The van der Waals surface area contributed by atoms with Gasteiger partial charge < -0.3 is 5.11 Å². The third-order valence-corrected chi connectivity index (χ3v) is 2.71. The molecule has 0 bridgehead atoms. The smallest absolute Gasteiger partial charge is 0.0864 e. The molecule has 0 aromatic heterocycles. The minimum absolute atomic E-state index is 0.00454. The van der Waals surface area contributed by atoms with Crippen LogP contribution in [0.3, 0.4) is 0 Å². The lowest BCUT2D eigenvalue weighted by Crippen LogP contribution is -2.32. The molecule has 0 saturated heterocycles. The van der Waals surface area contributed by atoms with E-state index in [2.05, 4.69) is 25.8 Å². The van der Waals surface area contributed by atoms with Gasteiger partial charge in [-0.2, -0.15) is 0 Å². The van der Waals surface area contributed by atoms with E-state index in [1.54, 1.807) is 19.1 Å². The van der Waals surface area contributed by atoms with Gasteiger partial charge in [-0.05, 0) is 27.2 Å². The van der Waals surface area contributed by atoms with E-state index in [1.807, 2.05) is 13.8 Å². The standard InChI is InChI=1S/C14H22O/c1-7-12(5)9-10-13(11(3)4)14(6,15)8-2/h7-9,13,15H,1-3,10H2,4-6H3. The summed E-state index contributed by atoms with van der Waals surface area (Å²) < 4.78 is 0. The van der Waals surface area contributed by atoms with Gasteiger partial charge in [-0.15, -0.1) is 6.58 Å². The van der Waals surface area contributed by atoms with Crippen molar-refractivity contribution in [2.75, 3.05) is 0 Å². The molecule has 2 unspecified atom stereocenters. The van der Waals surface area contributed by atoms with E-state index in [0.717, 1.165) is 17.6 Å². The highest BCUT2D eigenvalue weighted by molar-refractivity contribution is 5.17. The molecule has 2 atom stereocenters. The van der Waals surface area contributed by atoms with Crippen LogP contribution in [0.2, 0.25) is 0 Å². The molecule has 0 saturated carbocycles. The summed E-state index contributed by atoms with van der Waals surface area (Å²) in [4.78, 5) is 0. The first-order chi connectivity index (χ1) is 6.85. The van der Waals surface area contributed by atoms with Crippen LogP contribution in [0.1, 0.15) is 27.2 Å². The van der Waals surface area contributed by atoms with Gasteiger partial charge in [0.2, 0.25) is 0 Å². The summed E-state index contributed by atoms with van der Waals surface area (Å²) in [6.07, 6.45) is 6.19. The minimum atomic E-state index is -0.899. The maximum absolute atomic E-state index is 10.1. The number of rotatable bonds is 6. The molecule has 84 valence electrons. The van der Waals surface area contributed by atoms with Crippen molar-refractivity contribution in [3.05, 3.63) is 49.1 Å². The van der Waals surface area contributed by atoms with Crippen LogP contribution < -0.4 is 0 Å². The molecule has 0 aliphatic rings. The lowest BCUT2D eigenvalue weighted by molar-refractivity contribution is 0.0638. The largest absolute Gasteiger partial charge is 0.385 e. The zero-order valence-corrected chi connectivity index (χ0v) is 10.1. The predicted octanol–water partition coefficient (Wildman–Crippen LogP) is 3.64. The third-order valence-electron chi connectivity index (χ3n) is 2.71. The van der Waals surface area contributed by atoms with Crippen LogP contribution in [-0.2, 0) is 0 Å². The van der Waals surface area contributed by atoms with Gasteiger partial charge in [0.05, 0.1) is 5.60 Å². The van der Waals surface area contributed by atoms with Gasteiger partial charge in [0.25, 0.3) is 0 Å². The Hall–Kier alpha value is -1.08. The highest BCUT2D eigenvalue weighted by Gasteiger charge is 2.28. The molecule has 0 spiro atoms. The maximum atomic E-state index is 10.1. The Kier molecular flexibility index (Phi) is 5.31. The van der Waals surface area contributed by atoms with Crippen molar-refractivity contribution in [1.82, 2.24) is 0 Å². The molecule has 0 fully saturated rings. The van der Waals surface area contributed by atoms with Crippen molar-refractivity contribution in [2.24, 2.45) is 5.92 Å². The zero-order valence-electron chi connectivity index (χ0n) is 10.1. The fourth-order valence-corrected chi connectivity index (χ4v) is 1.47. The van der Waals surface area contributed by atoms with Crippen LogP contribution in [0.25, 0.3) is 0 Å². The quantitative estimate of drug-likeness (QED) is 0.519. The summed E-state index contributed by atoms with van der Waals surface area (Å²) in [5.74, 6) is 0.00454. The zero-order chi connectivity index (χ0) is 12.1. The highest BCUT2D eigenvalue weighted by atomic mass is 16.3. The van der Waals surface area contributed by atoms with Crippen molar-refractivity contribution in [2.45, 2.75) is 32.8 Å². The summed E-state index contributed by atoms with van der Waals surface area (Å²) in [5.41, 5.74) is 1.18. The van der Waals surface area contributed by atoms with E-state index < -0.39 is 5.60 Å². The normalized spacial score (nSPS) is 17.7. The van der Waals surface area contributed by atoms with E-state index in [0.29, 0.717) is 0 Å². The van der Waals surface area contributed by atoms with Crippen molar-refractivity contribution >= 4 is 0 Å². The van der Waals surface area contributed by atoms with E-state index in [1.165, 1.54) is 0 Å². The first-order valence-corrected chi connectivity index (χ1v) is 5.15. The SMILES string of the molecule is C=CC(C)=CCC(C(=C)C)C(C)(O)C=C.